The van der Waals surface area contributed by atoms with Gasteiger partial charge in [0.15, 0.2) is 0 Å². The molecule has 0 aliphatic heterocycles. The van der Waals surface area contributed by atoms with Gasteiger partial charge in [0.2, 0.25) is 0 Å². The predicted molar refractivity (Wildman–Crippen MR) is 47.8 cm³/mol. The second-order valence-corrected chi connectivity index (χ2v) is 4.52. The summed E-state index contributed by atoms with van der Waals surface area (Å²) >= 11 is 0. The average molecular weight is 141 g/mol. The molecule has 0 aliphatic rings. The van der Waals surface area contributed by atoms with Crippen LogP contribution in [0.5, 0.6) is 0 Å². The molecule has 0 heteroatoms. The lowest BCUT2D eigenvalue weighted by Gasteiger charge is -2.38. The Labute approximate surface area is 66.0 Å². The van der Waals surface area contributed by atoms with Crippen LogP contribution in [-0.2, 0) is 0 Å². The second-order valence-electron chi connectivity index (χ2n) is 4.52. The van der Waals surface area contributed by atoms with Crippen LogP contribution in [0.2, 0.25) is 0 Å². The number of hydrogen-bond acceptors (Lipinski definition) is 0. The molecule has 0 saturated carbocycles. The first kappa shape index (κ1) is 10.0. The zero-order valence-corrected chi connectivity index (χ0v) is 8.12. The molecule has 10 heavy (non-hydrogen) atoms. The van der Waals surface area contributed by atoms with Crippen LogP contribution in [0.4, 0.5) is 0 Å². The molecule has 61 valence electrons. The van der Waals surface area contributed by atoms with Crippen molar-refractivity contribution in [2.24, 2.45) is 10.8 Å². The van der Waals surface area contributed by atoms with Gasteiger partial charge < -0.3 is 0 Å². The van der Waals surface area contributed by atoms with Gasteiger partial charge in [-0.1, -0.05) is 41.0 Å². The first-order valence-electron chi connectivity index (χ1n) is 4.16. The lowest BCUT2D eigenvalue weighted by molar-refractivity contribution is 0.147. The van der Waals surface area contributed by atoms with E-state index in [1.807, 2.05) is 0 Å². The monoisotopic (exact) mass is 141 g/mol. The van der Waals surface area contributed by atoms with Gasteiger partial charge in [0.1, 0.15) is 0 Å². The SMILES string of the molecule is [CH2]C(C)(C)C(C)(C)CCC. The Morgan fingerprint density at radius 1 is 1.10 bits per heavy atom. The Hall–Kier alpha value is 0. The van der Waals surface area contributed by atoms with Gasteiger partial charge in [-0.3, -0.25) is 0 Å². The fraction of sp³-hybridized carbons (Fsp3) is 0.900. The number of hydrogen-bond donors (Lipinski definition) is 0. The molecule has 0 nitrogen and oxygen atoms in total. The van der Waals surface area contributed by atoms with E-state index in [9.17, 15) is 0 Å². The minimum Gasteiger partial charge on any atom is -0.0654 e. The van der Waals surface area contributed by atoms with Crippen molar-refractivity contribution in [2.75, 3.05) is 0 Å². The number of rotatable bonds is 3. The topological polar surface area (TPSA) is 0 Å². The largest absolute Gasteiger partial charge is 0.0654 e. The van der Waals surface area contributed by atoms with Crippen molar-refractivity contribution in [3.63, 3.8) is 0 Å². The van der Waals surface area contributed by atoms with Gasteiger partial charge in [-0.25, -0.2) is 0 Å². The van der Waals surface area contributed by atoms with E-state index >= 15 is 0 Å². The maximum absolute atomic E-state index is 4.16. The van der Waals surface area contributed by atoms with E-state index in [0.717, 1.165) is 0 Å². The Morgan fingerprint density at radius 2 is 1.50 bits per heavy atom. The molecule has 0 saturated heterocycles. The summed E-state index contributed by atoms with van der Waals surface area (Å²) in [5.74, 6) is 0. The van der Waals surface area contributed by atoms with E-state index in [0.29, 0.717) is 5.41 Å². The van der Waals surface area contributed by atoms with Crippen LogP contribution < -0.4 is 0 Å². The van der Waals surface area contributed by atoms with Crippen LogP contribution in [0.15, 0.2) is 0 Å². The molecule has 0 aromatic rings. The van der Waals surface area contributed by atoms with Crippen LogP contribution in [0, 0.1) is 17.8 Å². The lowest BCUT2D eigenvalue weighted by Crippen LogP contribution is -2.29. The molecule has 0 rings (SSSR count). The van der Waals surface area contributed by atoms with Gasteiger partial charge in [-0.2, -0.15) is 0 Å². The third-order valence-electron chi connectivity index (χ3n) is 2.71. The molecule has 0 amide bonds. The van der Waals surface area contributed by atoms with Gasteiger partial charge in [-0.15, -0.1) is 0 Å². The summed E-state index contributed by atoms with van der Waals surface area (Å²) in [7, 11) is 0. The summed E-state index contributed by atoms with van der Waals surface area (Å²) in [4.78, 5) is 0. The normalized spacial score (nSPS) is 13.8. The Bertz CT molecular complexity index is 93.1. The van der Waals surface area contributed by atoms with E-state index in [1.165, 1.54) is 12.8 Å². The molecule has 1 radical (unpaired) electrons. The maximum atomic E-state index is 4.16. The summed E-state index contributed by atoms with van der Waals surface area (Å²) < 4.78 is 0. The Morgan fingerprint density at radius 3 is 1.60 bits per heavy atom. The Balaban J connectivity index is 4.10. The van der Waals surface area contributed by atoms with Crippen molar-refractivity contribution in [3.8, 4) is 0 Å². The molecule has 0 aromatic carbocycles. The molecule has 0 aromatic heterocycles. The van der Waals surface area contributed by atoms with Crippen LogP contribution >= 0.6 is 0 Å². The highest BCUT2D eigenvalue weighted by Crippen LogP contribution is 2.40. The van der Waals surface area contributed by atoms with Crippen molar-refractivity contribution in [3.05, 3.63) is 6.92 Å². The molecule has 0 aliphatic carbocycles. The quantitative estimate of drug-likeness (QED) is 0.562. The van der Waals surface area contributed by atoms with Crippen molar-refractivity contribution >= 4 is 0 Å². The first-order chi connectivity index (χ1) is 4.31. The van der Waals surface area contributed by atoms with E-state index in [4.69, 9.17) is 0 Å². The smallest absolute Gasteiger partial charge is 0.0303 e. The standard InChI is InChI=1S/C10H21/c1-7-8-10(5,6)9(2,3)4/h2,7-8H2,1,3-6H3. The minimum atomic E-state index is 0.197. The van der Waals surface area contributed by atoms with Crippen LogP contribution in [0.1, 0.15) is 47.5 Å². The highest BCUT2D eigenvalue weighted by Gasteiger charge is 2.31. The zero-order valence-electron chi connectivity index (χ0n) is 8.12. The molecule has 0 unspecified atom stereocenters. The minimum absolute atomic E-state index is 0.197. The van der Waals surface area contributed by atoms with E-state index in [2.05, 4.69) is 41.5 Å². The van der Waals surface area contributed by atoms with E-state index in [-0.39, 0.29) is 5.41 Å². The van der Waals surface area contributed by atoms with Crippen molar-refractivity contribution in [2.45, 2.75) is 47.5 Å². The van der Waals surface area contributed by atoms with Crippen molar-refractivity contribution in [1.82, 2.24) is 0 Å². The summed E-state index contributed by atoms with van der Waals surface area (Å²) in [5, 5.41) is 0. The fourth-order valence-corrected chi connectivity index (χ4v) is 0.963. The summed E-state index contributed by atoms with van der Waals surface area (Å²) in [6.45, 7) is 15.4. The van der Waals surface area contributed by atoms with Crippen molar-refractivity contribution in [1.29, 1.82) is 0 Å². The van der Waals surface area contributed by atoms with Crippen LogP contribution in [0.3, 0.4) is 0 Å². The molecule has 0 N–H and O–H groups in total. The molecular formula is C10H21. The fourth-order valence-electron chi connectivity index (χ4n) is 0.963. The molecule has 0 fully saturated rings. The highest BCUT2D eigenvalue weighted by molar-refractivity contribution is 4.87. The Kier molecular flexibility index (Phi) is 2.94. The molecule has 0 spiro atoms. The molecule has 0 atom stereocenters. The van der Waals surface area contributed by atoms with Crippen LogP contribution in [0.25, 0.3) is 0 Å². The summed E-state index contributed by atoms with van der Waals surface area (Å²) in [6.07, 6.45) is 2.52. The summed E-state index contributed by atoms with van der Waals surface area (Å²) in [6, 6.07) is 0. The molecule has 0 bridgehead atoms. The maximum Gasteiger partial charge on any atom is -0.0303 e. The van der Waals surface area contributed by atoms with Crippen molar-refractivity contribution < 1.29 is 0 Å². The van der Waals surface area contributed by atoms with Gasteiger partial charge in [0.05, 0.1) is 0 Å². The van der Waals surface area contributed by atoms with E-state index < -0.39 is 0 Å². The molecular weight excluding hydrogens is 120 g/mol. The lowest BCUT2D eigenvalue weighted by atomic mass is 9.67. The first-order valence-corrected chi connectivity index (χ1v) is 4.16. The predicted octanol–water partition coefficient (Wildman–Crippen LogP) is 3.67. The van der Waals surface area contributed by atoms with Crippen LogP contribution in [-0.4, -0.2) is 0 Å². The zero-order chi connectivity index (χ0) is 8.41. The average Bonchev–Trinajstić information content (AvgIpc) is 1.61. The highest BCUT2D eigenvalue weighted by atomic mass is 14.4. The third-order valence-corrected chi connectivity index (χ3v) is 2.71. The third kappa shape index (κ3) is 2.32. The van der Waals surface area contributed by atoms with Gasteiger partial charge in [0, 0.05) is 0 Å². The second kappa shape index (κ2) is 2.94. The van der Waals surface area contributed by atoms with E-state index in [1.54, 1.807) is 0 Å². The van der Waals surface area contributed by atoms with Gasteiger partial charge in [0.25, 0.3) is 0 Å². The van der Waals surface area contributed by atoms with Gasteiger partial charge >= 0.3 is 0 Å². The molecule has 0 heterocycles. The van der Waals surface area contributed by atoms with Gasteiger partial charge in [-0.05, 0) is 24.2 Å². The summed E-state index contributed by atoms with van der Waals surface area (Å²) in [5.41, 5.74) is 0.574.